The largest absolute Gasteiger partial charge is 0.366 e. The second-order valence-electron chi connectivity index (χ2n) is 6.07. The van der Waals surface area contributed by atoms with Gasteiger partial charge in [-0.05, 0) is 42.0 Å². The zero-order valence-corrected chi connectivity index (χ0v) is 13.6. The van der Waals surface area contributed by atoms with Crippen molar-refractivity contribution in [2.24, 2.45) is 5.92 Å². The average Bonchev–Trinajstić information content (AvgIpc) is 2.95. The topological polar surface area (TPSA) is 28.2 Å². The minimum Gasteiger partial charge on any atom is -0.366 e. The number of pyridine rings is 1. The molecule has 1 aliphatic rings. The highest BCUT2D eigenvalue weighted by Crippen LogP contribution is 2.29. The van der Waals surface area contributed by atoms with Crippen molar-refractivity contribution in [3.8, 4) is 0 Å². The molecule has 0 spiro atoms. The smallest absolute Gasteiger partial charge is 0.0445 e. The fourth-order valence-electron chi connectivity index (χ4n) is 2.81. The van der Waals surface area contributed by atoms with Crippen molar-refractivity contribution in [2.45, 2.75) is 33.4 Å². The molecule has 4 heteroatoms. The van der Waals surface area contributed by atoms with Crippen molar-refractivity contribution in [3.63, 3.8) is 0 Å². The molecular formula is C17H23N3S. The highest BCUT2D eigenvalue weighted by atomic mass is 32.1. The molecule has 2 aromatic rings. The third-order valence-electron chi connectivity index (χ3n) is 3.89. The lowest BCUT2D eigenvalue weighted by Gasteiger charge is -2.30. The zero-order chi connectivity index (χ0) is 14.7. The second kappa shape index (κ2) is 6.58. The number of thiophene rings is 1. The Kier molecular flexibility index (Phi) is 4.56. The van der Waals surface area contributed by atoms with Crippen molar-refractivity contribution < 1.29 is 0 Å². The molecule has 0 amide bonds. The minimum atomic E-state index is 0.675. The molecule has 0 radical (unpaired) electrons. The summed E-state index contributed by atoms with van der Waals surface area (Å²) < 4.78 is 0. The lowest BCUT2D eigenvalue weighted by Crippen LogP contribution is -2.31. The van der Waals surface area contributed by atoms with Crippen LogP contribution in [0.2, 0.25) is 0 Å². The zero-order valence-electron chi connectivity index (χ0n) is 12.8. The third-order valence-corrected chi connectivity index (χ3v) is 4.92. The fraction of sp³-hybridized carbons (Fsp3) is 0.471. The Bertz CT molecular complexity index is 591. The first kappa shape index (κ1) is 14.5. The van der Waals surface area contributed by atoms with Crippen molar-refractivity contribution in [1.82, 2.24) is 10.3 Å². The molecular weight excluding hydrogens is 278 g/mol. The van der Waals surface area contributed by atoms with Crippen LogP contribution in [0.5, 0.6) is 0 Å². The predicted molar refractivity (Wildman–Crippen MR) is 89.9 cm³/mol. The monoisotopic (exact) mass is 301 g/mol. The van der Waals surface area contributed by atoms with Gasteiger partial charge in [-0.3, -0.25) is 4.98 Å². The number of nitrogens with zero attached hydrogens (tertiary/aromatic N) is 2. The highest BCUT2D eigenvalue weighted by molar-refractivity contribution is 7.10. The van der Waals surface area contributed by atoms with Gasteiger partial charge in [-0.15, -0.1) is 11.3 Å². The van der Waals surface area contributed by atoms with Crippen LogP contribution >= 0.6 is 11.3 Å². The van der Waals surface area contributed by atoms with E-state index < -0.39 is 0 Å². The van der Waals surface area contributed by atoms with E-state index in [2.05, 4.69) is 46.6 Å². The van der Waals surface area contributed by atoms with Gasteiger partial charge >= 0.3 is 0 Å². The molecule has 0 saturated carbocycles. The summed E-state index contributed by atoms with van der Waals surface area (Å²) in [6.45, 7) is 8.55. The molecule has 0 fully saturated rings. The fourth-order valence-corrected chi connectivity index (χ4v) is 3.70. The minimum absolute atomic E-state index is 0.675. The predicted octanol–water partition coefficient (Wildman–Crippen LogP) is 3.45. The lowest BCUT2D eigenvalue weighted by molar-refractivity contribution is 0.551. The van der Waals surface area contributed by atoms with E-state index in [1.54, 1.807) is 4.88 Å². The van der Waals surface area contributed by atoms with Gasteiger partial charge in [0.25, 0.3) is 0 Å². The van der Waals surface area contributed by atoms with Gasteiger partial charge in [-0.1, -0.05) is 13.8 Å². The van der Waals surface area contributed by atoms with Crippen molar-refractivity contribution >= 4 is 17.0 Å². The van der Waals surface area contributed by atoms with E-state index in [0.717, 1.165) is 32.6 Å². The van der Waals surface area contributed by atoms with Gasteiger partial charge in [0.1, 0.15) is 0 Å². The van der Waals surface area contributed by atoms with Crippen LogP contribution in [0.15, 0.2) is 29.9 Å². The van der Waals surface area contributed by atoms with Crippen LogP contribution < -0.4 is 10.2 Å². The van der Waals surface area contributed by atoms with Gasteiger partial charge < -0.3 is 10.2 Å². The van der Waals surface area contributed by atoms with Crippen LogP contribution in [0.1, 0.15) is 29.9 Å². The van der Waals surface area contributed by atoms with Crippen molar-refractivity contribution in [3.05, 3.63) is 45.9 Å². The number of fused-ring (bicyclic) bond motifs is 1. The van der Waals surface area contributed by atoms with Crippen LogP contribution in [-0.4, -0.2) is 18.1 Å². The molecule has 0 unspecified atom stereocenters. The van der Waals surface area contributed by atoms with Gasteiger partial charge in [-0.2, -0.15) is 0 Å². The van der Waals surface area contributed by atoms with Crippen molar-refractivity contribution in [1.29, 1.82) is 0 Å². The molecule has 1 aliphatic heterocycles. The average molecular weight is 301 g/mol. The molecule has 1 N–H and O–H groups in total. The molecule has 112 valence electrons. The molecule has 0 aliphatic carbocycles. The number of hydrogen-bond acceptors (Lipinski definition) is 4. The standard InChI is InChI=1S/C17H23N3S/c1-13(2)9-19-11-15-10-18-6-3-16(15)20-7-4-17-14(12-20)5-8-21-17/h3,5-6,8,10,13,19H,4,7,9,11-12H2,1-2H3. The molecule has 0 bridgehead atoms. The number of nitrogens with one attached hydrogen (secondary N) is 1. The van der Waals surface area contributed by atoms with E-state index in [4.69, 9.17) is 0 Å². The Balaban J connectivity index is 1.73. The normalized spacial score (nSPS) is 14.5. The Morgan fingerprint density at radius 3 is 3.14 bits per heavy atom. The maximum atomic E-state index is 4.31. The molecule has 2 aromatic heterocycles. The lowest BCUT2D eigenvalue weighted by atomic mass is 10.1. The summed E-state index contributed by atoms with van der Waals surface area (Å²) in [5, 5.41) is 5.74. The third kappa shape index (κ3) is 3.44. The Morgan fingerprint density at radius 2 is 2.29 bits per heavy atom. The van der Waals surface area contributed by atoms with E-state index in [1.165, 1.54) is 16.8 Å². The second-order valence-corrected chi connectivity index (χ2v) is 7.07. The first-order chi connectivity index (χ1) is 10.2. The number of anilines is 1. The maximum absolute atomic E-state index is 4.31. The summed E-state index contributed by atoms with van der Waals surface area (Å²) in [5.41, 5.74) is 4.12. The van der Waals surface area contributed by atoms with E-state index in [0.29, 0.717) is 5.92 Å². The quantitative estimate of drug-likeness (QED) is 0.917. The van der Waals surface area contributed by atoms with Gasteiger partial charge in [0.05, 0.1) is 0 Å². The molecule has 3 heterocycles. The molecule has 3 rings (SSSR count). The van der Waals surface area contributed by atoms with Gasteiger partial charge in [0.15, 0.2) is 0 Å². The summed E-state index contributed by atoms with van der Waals surface area (Å²) >= 11 is 1.89. The molecule has 0 saturated heterocycles. The maximum Gasteiger partial charge on any atom is 0.0445 e. The Hall–Kier alpha value is -1.39. The first-order valence-electron chi connectivity index (χ1n) is 7.68. The summed E-state index contributed by atoms with van der Waals surface area (Å²) in [6, 6.07) is 4.42. The van der Waals surface area contributed by atoms with Crippen LogP contribution in [-0.2, 0) is 19.5 Å². The summed E-state index contributed by atoms with van der Waals surface area (Å²) in [6.07, 6.45) is 5.07. The van der Waals surface area contributed by atoms with E-state index >= 15 is 0 Å². The SMILES string of the molecule is CC(C)CNCc1cnccc1N1CCc2sccc2C1. The number of rotatable bonds is 5. The molecule has 0 aromatic carbocycles. The van der Waals surface area contributed by atoms with E-state index in [1.807, 2.05) is 23.7 Å². The Morgan fingerprint density at radius 1 is 1.38 bits per heavy atom. The van der Waals surface area contributed by atoms with Gasteiger partial charge in [0.2, 0.25) is 0 Å². The van der Waals surface area contributed by atoms with E-state index in [-0.39, 0.29) is 0 Å². The first-order valence-corrected chi connectivity index (χ1v) is 8.56. The molecule has 0 atom stereocenters. The van der Waals surface area contributed by atoms with Crippen LogP contribution in [0, 0.1) is 5.92 Å². The van der Waals surface area contributed by atoms with E-state index in [9.17, 15) is 0 Å². The highest BCUT2D eigenvalue weighted by Gasteiger charge is 2.19. The number of aromatic nitrogens is 1. The van der Waals surface area contributed by atoms with Crippen LogP contribution in [0.4, 0.5) is 5.69 Å². The van der Waals surface area contributed by atoms with Crippen LogP contribution in [0.25, 0.3) is 0 Å². The van der Waals surface area contributed by atoms with Gasteiger partial charge in [-0.25, -0.2) is 0 Å². The van der Waals surface area contributed by atoms with Crippen LogP contribution in [0.3, 0.4) is 0 Å². The summed E-state index contributed by atoms with van der Waals surface area (Å²) in [7, 11) is 0. The molecule has 3 nitrogen and oxygen atoms in total. The van der Waals surface area contributed by atoms with Crippen molar-refractivity contribution in [2.75, 3.05) is 18.0 Å². The number of hydrogen-bond donors (Lipinski definition) is 1. The molecule has 21 heavy (non-hydrogen) atoms. The summed E-state index contributed by atoms with van der Waals surface area (Å²) in [4.78, 5) is 8.35. The van der Waals surface area contributed by atoms with Gasteiger partial charge in [0, 0.05) is 48.2 Å². The Labute approximate surface area is 131 Å². The summed E-state index contributed by atoms with van der Waals surface area (Å²) in [5.74, 6) is 0.675.